The van der Waals surface area contributed by atoms with Gasteiger partial charge in [0.05, 0.1) is 0 Å². The highest BCUT2D eigenvalue weighted by Gasteiger charge is 2.23. The molecule has 0 fully saturated rings. The van der Waals surface area contributed by atoms with Gasteiger partial charge in [0, 0.05) is 6.04 Å². The van der Waals surface area contributed by atoms with Crippen molar-refractivity contribution in [1.82, 2.24) is 10.6 Å². The molecule has 3 N–H and O–H groups in total. The molecule has 0 aromatic rings. The first kappa shape index (κ1) is 16.7. The second-order valence-corrected chi connectivity index (χ2v) is 5.07. The van der Waals surface area contributed by atoms with Crippen LogP contribution in [0, 0.1) is 5.92 Å². The number of hydrogen-bond acceptors (Lipinski definition) is 2. The van der Waals surface area contributed by atoms with Crippen LogP contribution in [0.15, 0.2) is 0 Å². The predicted octanol–water partition coefficient (Wildman–Crippen LogP) is 2.36. The van der Waals surface area contributed by atoms with Crippen molar-refractivity contribution in [3.63, 3.8) is 0 Å². The molecule has 0 bridgehead atoms. The lowest BCUT2D eigenvalue weighted by molar-refractivity contribution is -0.140. The van der Waals surface area contributed by atoms with Gasteiger partial charge in [0.2, 0.25) is 0 Å². The minimum Gasteiger partial charge on any atom is -0.480 e. The van der Waals surface area contributed by atoms with E-state index in [1.54, 1.807) is 13.8 Å². The maximum Gasteiger partial charge on any atom is 0.326 e. The van der Waals surface area contributed by atoms with Gasteiger partial charge in [-0.1, -0.05) is 40.0 Å². The number of aliphatic carboxylic acids is 1. The van der Waals surface area contributed by atoms with E-state index in [9.17, 15) is 9.59 Å². The van der Waals surface area contributed by atoms with Gasteiger partial charge in [0.1, 0.15) is 6.04 Å². The van der Waals surface area contributed by atoms with Gasteiger partial charge in [0.25, 0.3) is 0 Å². The van der Waals surface area contributed by atoms with Crippen molar-refractivity contribution in [2.24, 2.45) is 5.92 Å². The molecule has 0 radical (unpaired) electrons. The van der Waals surface area contributed by atoms with Crippen LogP contribution in [0.3, 0.4) is 0 Å². The molecule has 5 heteroatoms. The van der Waals surface area contributed by atoms with E-state index in [1.165, 1.54) is 0 Å². The highest BCUT2D eigenvalue weighted by Crippen LogP contribution is 2.04. The molecule has 0 aliphatic heterocycles. The topological polar surface area (TPSA) is 78.4 Å². The third-order valence-corrected chi connectivity index (χ3v) is 2.84. The molecule has 5 nitrogen and oxygen atoms in total. The molecule has 18 heavy (non-hydrogen) atoms. The van der Waals surface area contributed by atoms with Crippen LogP contribution in [0.25, 0.3) is 0 Å². The van der Waals surface area contributed by atoms with Gasteiger partial charge in [0.15, 0.2) is 0 Å². The molecular formula is C13H26N2O3. The third kappa shape index (κ3) is 7.14. The summed E-state index contributed by atoms with van der Waals surface area (Å²) in [5.41, 5.74) is 0. The van der Waals surface area contributed by atoms with E-state index < -0.39 is 18.0 Å². The first-order valence-electron chi connectivity index (χ1n) is 6.68. The first-order chi connectivity index (χ1) is 8.38. The number of rotatable bonds is 8. The van der Waals surface area contributed by atoms with Gasteiger partial charge in [-0.25, -0.2) is 9.59 Å². The Hall–Kier alpha value is -1.26. The van der Waals surface area contributed by atoms with Crippen LogP contribution < -0.4 is 10.6 Å². The number of carboxylic acids is 1. The van der Waals surface area contributed by atoms with E-state index in [1.807, 2.05) is 6.92 Å². The lowest BCUT2D eigenvalue weighted by atomic mass is 10.1. The van der Waals surface area contributed by atoms with Crippen molar-refractivity contribution in [2.45, 2.75) is 65.5 Å². The van der Waals surface area contributed by atoms with Crippen molar-refractivity contribution >= 4 is 12.0 Å². The molecule has 0 spiro atoms. The average Bonchev–Trinajstić information content (AvgIpc) is 2.25. The van der Waals surface area contributed by atoms with Gasteiger partial charge in [-0.2, -0.15) is 0 Å². The van der Waals surface area contributed by atoms with Gasteiger partial charge >= 0.3 is 12.0 Å². The predicted molar refractivity (Wildman–Crippen MR) is 71.5 cm³/mol. The molecule has 0 heterocycles. The van der Waals surface area contributed by atoms with Crippen LogP contribution in [0.2, 0.25) is 0 Å². The molecular weight excluding hydrogens is 232 g/mol. The molecule has 0 saturated heterocycles. The Morgan fingerprint density at radius 1 is 1.11 bits per heavy atom. The summed E-state index contributed by atoms with van der Waals surface area (Å²) in [6, 6.07) is -1.17. The fraction of sp³-hybridized carbons (Fsp3) is 0.846. The first-order valence-corrected chi connectivity index (χ1v) is 6.68. The van der Waals surface area contributed by atoms with Crippen molar-refractivity contribution < 1.29 is 14.7 Å². The van der Waals surface area contributed by atoms with Crippen molar-refractivity contribution in [3.05, 3.63) is 0 Å². The number of hydrogen-bond donors (Lipinski definition) is 3. The number of amides is 2. The van der Waals surface area contributed by atoms with Crippen molar-refractivity contribution in [2.75, 3.05) is 0 Å². The number of nitrogens with one attached hydrogen (secondary N) is 2. The van der Waals surface area contributed by atoms with Crippen LogP contribution in [-0.4, -0.2) is 29.2 Å². The fourth-order valence-corrected chi connectivity index (χ4v) is 1.69. The molecule has 1 unspecified atom stereocenters. The Bertz CT molecular complexity index is 267. The zero-order valence-electron chi connectivity index (χ0n) is 11.8. The summed E-state index contributed by atoms with van der Waals surface area (Å²) in [6.07, 6.45) is 4.29. The summed E-state index contributed by atoms with van der Waals surface area (Å²) in [6.45, 7) is 7.60. The zero-order valence-corrected chi connectivity index (χ0v) is 11.8. The van der Waals surface area contributed by atoms with E-state index in [0.717, 1.165) is 25.7 Å². The minimum atomic E-state index is -1.00. The third-order valence-electron chi connectivity index (χ3n) is 2.84. The maximum atomic E-state index is 11.6. The maximum absolute atomic E-state index is 11.6. The van der Waals surface area contributed by atoms with Gasteiger partial charge in [-0.05, 0) is 19.3 Å². The zero-order chi connectivity index (χ0) is 14.1. The Morgan fingerprint density at radius 2 is 1.72 bits per heavy atom. The van der Waals surface area contributed by atoms with Crippen LogP contribution in [0.4, 0.5) is 4.79 Å². The molecule has 0 aromatic heterocycles. The summed E-state index contributed by atoms with van der Waals surface area (Å²) in [4.78, 5) is 22.6. The number of carbonyl (C=O) groups is 2. The summed E-state index contributed by atoms with van der Waals surface area (Å²) in [7, 11) is 0. The van der Waals surface area contributed by atoms with E-state index in [0.29, 0.717) is 0 Å². The summed E-state index contributed by atoms with van der Waals surface area (Å²) in [5, 5.41) is 14.2. The Balaban J connectivity index is 4.04. The smallest absolute Gasteiger partial charge is 0.326 e. The molecule has 0 aliphatic carbocycles. The molecule has 2 atom stereocenters. The second-order valence-electron chi connectivity index (χ2n) is 5.07. The monoisotopic (exact) mass is 258 g/mol. The summed E-state index contributed by atoms with van der Waals surface area (Å²) < 4.78 is 0. The van der Waals surface area contributed by atoms with Crippen LogP contribution in [0.1, 0.15) is 53.4 Å². The van der Waals surface area contributed by atoms with Crippen LogP contribution in [-0.2, 0) is 4.79 Å². The van der Waals surface area contributed by atoms with Gasteiger partial charge < -0.3 is 15.7 Å². The van der Waals surface area contributed by atoms with Crippen molar-refractivity contribution in [1.29, 1.82) is 0 Å². The Morgan fingerprint density at radius 3 is 2.17 bits per heavy atom. The van der Waals surface area contributed by atoms with Crippen LogP contribution in [0.5, 0.6) is 0 Å². The number of urea groups is 1. The highest BCUT2D eigenvalue weighted by atomic mass is 16.4. The van der Waals surface area contributed by atoms with Crippen molar-refractivity contribution in [3.8, 4) is 0 Å². The number of unbranched alkanes of at least 4 members (excludes halogenated alkanes) is 2. The van der Waals surface area contributed by atoms with Gasteiger partial charge in [-0.15, -0.1) is 0 Å². The molecule has 0 aliphatic rings. The SMILES string of the molecule is CCCCCC(C)NC(=O)N[C@H](C(=O)O)C(C)C. The second kappa shape index (κ2) is 8.78. The molecule has 106 valence electrons. The largest absolute Gasteiger partial charge is 0.480 e. The quantitative estimate of drug-likeness (QED) is 0.585. The lowest BCUT2D eigenvalue weighted by Crippen LogP contribution is -2.50. The van der Waals surface area contributed by atoms with E-state index >= 15 is 0 Å². The lowest BCUT2D eigenvalue weighted by Gasteiger charge is -2.20. The van der Waals surface area contributed by atoms with Gasteiger partial charge in [-0.3, -0.25) is 0 Å². The summed E-state index contributed by atoms with van der Waals surface area (Å²) in [5.74, 6) is -1.14. The number of carboxylic acid groups (broad SMARTS) is 1. The standard InChI is InChI=1S/C13H26N2O3/c1-5-6-7-8-10(4)14-13(18)15-11(9(2)3)12(16)17/h9-11H,5-8H2,1-4H3,(H,16,17)(H2,14,15,18)/t10?,11-/m0/s1. The molecule has 0 aromatic carbocycles. The van der Waals surface area contributed by atoms with E-state index in [-0.39, 0.29) is 12.0 Å². The molecule has 0 saturated carbocycles. The van der Waals surface area contributed by atoms with Crippen LogP contribution >= 0.6 is 0 Å². The highest BCUT2D eigenvalue weighted by molar-refractivity contribution is 5.82. The Kier molecular flexibility index (Phi) is 8.16. The molecule has 2 amide bonds. The average molecular weight is 258 g/mol. The minimum absolute atomic E-state index is 0.0677. The number of carbonyl (C=O) groups excluding carboxylic acids is 1. The van der Waals surface area contributed by atoms with E-state index in [2.05, 4.69) is 17.6 Å². The van der Waals surface area contributed by atoms with E-state index in [4.69, 9.17) is 5.11 Å². The molecule has 0 rings (SSSR count). The normalized spacial score (nSPS) is 14.1. The Labute approximate surface area is 109 Å². The fourth-order valence-electron chi connectivity index (χ4n) is 1.69. The summed E-state index contributed by atoms with van der Waals surface area (Å²) >= 11 is 0.